The van der Waals surface area contributed by atoms with Crippen molar-refractivity contribution in [1.82, 2.24) is 14.9 Å². The van der Waals surface area contributed by atoms with Crippen LogP contribution in [0.1, 0.15) is 12.8 Å². The molecule has 31 heavy (non-hydrogen) atoms. The van der Waals surface area contributed by atoms with Crippen LogP contribution in [-0.4, -0.2) is 47.2 Å². The average Bonchev–Trinajstić information content (AvgIpc) is 3.11. The third kappa shape index (κ3) is 3.68. The lowest BCUT2D eigenvalue weighted by Crippen LogP contribution is -2.52. The Hall–Kier alpha value is -2.91. The number of hydrogen-bond acceptors (Lipinski definition) is 4. The van der Waals surface area contributed by atoms with Gasteiger partial charge in [0.1, 0.15) is 11.4 Å². The summed E-state index contributed by atoms with van der Waals surface area (Å²) >= 11 is 6.11. The van der Waals surface area contributed by atoms with Gasteiger partial charge >= 0.3 is 6.03 Å². The van der Waals surface area contributed by atoms with Crippen molar-refractivity contribution >= 4 is 34.4 Å². The zero-order valence-electron chi connectivity index (χ0n) is 16.4. The highest BCUT2D eigenvalue weighted by Crippen LogP contribution is 2.39. The van der Waals surface area contributed by atoms with Crippen LogP contribution in [0.5, 0.6) is 11.5 Å². The number of amides is 2. The van der Waals surface area contributed by atoms with Gasteiger partial charge in [0.25, 0.3) is 0 Å². The quantitative estimate of drug-likeness (QED) is 0.595. The Labute approximate surface area is 181 Å². The van der Waals surface area contributed by atoms with E-state index in [1.54, 1.807) is 4.90 Å². The summed E-state index contributed by atoms with van der Waals surface area (Å²) in [6.07, 6.45) is 4.67. The van der Waals surface area contributed by atoms with Crippen LogP contribution in [0, 0.1) is 17.0 Å². The van der Waals surface area contributed by atoms with E-state index in [9.17, 15) is 13.6 Å². The molecule has 2 aliphatic rings. The molecule has 0 radical (unpaired) electrons. The number of carbonyl (C=O) groups is 1. The van der Waals surface area contributed by atoms with E-state index in [0.717, 1.165) is 38.2 Å². The second-order valence-electron chi connectivity index (χ2n) is 7.95. The van der Waals surface area contributed by atoms with E-state index in [1.165, 1.54) is 18.5 Å². The number of rotatable bonds is 3. The highest BCUT2D eigenvalue weighted by Gasteiger charge is 2.42. The number of nitrogens with one attached hydrogen (secondary N) is 2. The first-order valence-electron chi connectivity index (χ1n) is 9.86. The zero-order valence-corrected chi connectivity index (χ0v) is 17.1. The van der Waals surface area contributed by atoms with Crippen molar-refractivity contribution in [2.75, 3.05) is 31.6 Å². The van der Waals surface area contributed by atoms with Crippen LogP contribution in [0.25, 0.3) is 11.0 Å². The highest BCUT2D eigenvalue weighted by atomic mass is 35.5. The molecule has 2 aromatic heterocycles. The van der Waals surface area contributed by atoms with E-state index in [1.807, 2.05) is 0 Å². The van der Waals surface area contributed by atoms with Gasteiger partial charge in [0.15, 0.2) is 17.4 Å². The van der Waals surface area contributed by atoms with Gasteiger partial charge in [-0.25, -0.2) is 18.6 Å². The third-order valence-electron chi connectivity index (χ3n) is 5.88. The first-order chi connectivity index (χ1) is 14.9. The van der Waals surface area contributed by atoms with E-state index < -0.39 is 23.4 Å². The second kappa shape index (κ2) is 7.65. The van der Waals surface area contributed by atoms with Crippen LogP contribution >= 0.6 is 11.6 Å². The zero-order chi connectivity index (χ0) is 21.6. The van der Waals surface area contributed by atoms with Gasteiger partial charge in [-0.15, -0.1) is 0 Å². The van der Waals surface area contributed by atoms with Crippen molar-refractivity contribution in [1.29, 1.82) is 0 Å². The summed E-state index contributed by atoms with van der Waals surface area (Å²) < 4.78 is 40.1. The van der Waals surface area contributed by atoms with Gasteiger partial charge in [-0.3, -0.25) is 0 Å². The molecule has 0 bridgehead atoms. The third-order valence-corrected chi connectivity index (χ3v) is 6.17. The minimum Gasteiger partial charge on any atom is -0.450 e. The number of nitrogens with zero attached hydrogens (tertiary/aromatic N) is 2. The summed E-state index contributed by atoms with van der Waals surface area (Å²) in [5.41, 5.74) is 0.637. The molecule has 0 atom stereocenters. The number of carbonyl (C=O) groups excluding carboxylic acids is 1. The van der Waals surface area contributed by atoms with E-state index in [0.29, 0.717) is 29.1 Å². The molecule has 7 nitrogen and oxygen atoms in total. The Morgan fingerprint density at radius 3 is 2.61 bits per heavy atom. The molecule has 10 heteroatoms. The summed E-state index contributed by atoms with van der Waals surface area (Å²) in [5, 5.41) is 3.30. The summed E-state index contributed by atoms with van der Waals surface area (Å²) in [7, 11) is 0. The fourth-order valence-corrected chi connectivity index (χ4v) is 4.22. The Kier molecular flexibility index (Phi) is 4.94. The van der Waals surface area contributed by atoms with Crippen molar-refractivity contribution in [3.05, 3.63) is 47.2 Å². The topological polar surface area (TPSA) is 79.5 Å². The lowest BCUT2D eigenvalue weighted by atomic mass is 9.77. The molecule has 1 aromatic carbocycles. The number of aromatic amines is 1. The number of halogens is 3. The number of anilines is 1. The molecule has 162 valence electrons. The van der Waals surface area contributed by atoms with Crippen molar-refractivity contribution in [3.63, 3.8) is 0 Å². The fourth-order valence-electron chi connectivity index (χ4n) is 3.98. The highest BCUT2D eigenvalue weighted by molar-refractivity contribution is 6.36. The van der Waals surface area contributed by atoms with E-state index >= 15 is 0 Å². The first-order valence-corrected chi connectivity index (χ1v) is 10.2. The van der Waals surface area contributed by atoms with Crippen LogP contribution in [-0.2, 0) is 4.74 Å². The lowest BCUT2D eigenvalue weighted by Gasteiger charge is -2.47. The predicted molar refractivity (Wildman–Crippen MR) is 111 cm³/mol. The molecule has 4 heterocycles. The van der Waals surface area contributed by atoms with Crippen molar-refractivity contribution in [2.45, 2.75) is 12.8 Å². The maximum atomic E-state index is 14.7. The van der Waals surface area contributed by atoms with Gasteiger partial charge in [-0.05, 0) is 18.9 Å². The molecular weight excluding hydrogens is 430 g/mol. The van der Waals surface area contributed by atoms with Crippen molar-refractivity contribution in [2.24, 2.45) is 5.41 Å². The number of aromatic nitrogens is 2. The Bertz CT molecular complexity index is 1130. The molecule has 0 saturated carbocycles. The molecular formula is C21H19ClF2N4O3. The predicted octanol–water partition coefficient (Wildman–Crippen LogP) is 4.93. The number of likely N-dealkylation sites (tertiary alicyclic amines) is 1. The normalized spacial score (nSPS) is 17.6. The molecule has 2 amide bonds. The monoisotopic (exact) mass is 448 g/mol. The Balaban J connectivity index is 1.31. The Morgan fingerprint density at radius 1 is 1.26 bits per heavy atom. The van der Waals surface area contributed by atoms with E-state index in [4.69, 9.17) is 21.1 Å². The SMILES string of the molecule is O=C(Nc1cc(F)c(Oc2ccnc3[nH]cc(Cl)c23)c(F)c1)N1CCC2(CC1)COC2. The van der Waals surface area contributed by atoms with Gasteiger partial charge < -0.3 is 24.7 Å². The molecule has 0 unspecified atom stereocenters. The Morgan fingerprint density at radius 2 is 1.97 bits per heavy atom. The summed E-state index contributed by atoms with van der Waals surface area (Å²) in [5.74, 6) is -2.33. The van der Waals surface area contributed by atoms with Gasteiger partial charge in [0, 0.05) is 48.7 Å². The number of urea groups is 1. The molecule has 2 aliphatic heterocycles. The lowest BCUT2D eigenvalue weighted by molar-refractivity contribution is -0.135. The number of hydrogen-bond donors (Lipinski definition) is 2. The van der Waals surface area contributed by atoms with Crippen molar-refractivity contribution < 1.29 is 23.0 Å². The second-order valence-corrected chi connectivity index (χ2v) is 8.36. The van der Waals surface area contributed by atoms with Gasteiger partial charge in [0.05, 0.1) is 23.6 Å². The summed E-state index contributed by atoms with van der Waals surface area (Å²) in [6.45, 7) is 2.63. The number of piperidine rings is 1. The largest absolute Gasteiger partial charge is 0.450 e. The standard InChI is InChI=1S/C21H19ClF2N4O3/c22-13-9-26-19-17(13)16(1-4-25-19)31-18-14(23)7-12(8-15(18)24)27-20(29)28-5-2-21(3-6-28)10-30-11-21/h1,4,7-9H,2-3,5-6,10-11H2,(H,25,26)(H,27,29). The first kappa shape index (κ1) is 20.0. The van der Waals surface area contributed by atoms with Crippen LogP contribution in [0.2, 0.25) is 5.02 Å². The molecule has 5 rings (SSSR count). The molecule has 3 aromatic rings. The molecule has 2 saturated heterocycles. The number of H-pyrrole nitrogens is 1. The minimum atomic E-state index is -0.948. The number of ether oxygens (including phenoxy) is 2. The van der Waals surface area contributed by atoms with Gasteiger partial charge in [0.2, 0.25) is 0 Å². The molecule has 1 spiro atoms. The summed E-state index contributed by atoms with van der Waals surface area (Å²) in [4.78, 5) is 21.1. The number of fused-ring (bicyclic) bond motifs is 1. The van der Waals surface area contributed by atoms with Crippen LogP contribution in [0.3, 0.4) is 0 Å². The van der Waals surface area contributed by atoms with Crippen LogP contribution in [0.15, 0.2) is 30.6 Å². The van der Waals surface area contributed by atoms with Crippen LogP contribution < -0.4 is 10.1 Å². The number of pyridine rings is 1. The fraction of sp³-hybridized carbons (Fsp3) is 0.333. The molecule has 0 aliphatic carbocycles. The average molecular weight is 449 g/mol. The number of benzene rings is 1. The van der Waals surface area contributed by atoms with Gasteiger partial charge in [-0.1, -0.05) is 11.6 Å². The van der Waals surface area contributed by atoms with Crippen molar-refractivity contribution in [3.8, 4) is 11.5 Å². The summed E-state index contributed by atoms with van der Waals surface area (Å²) in [6, 6.07) is 3.13. The van der Waals surface area contributed by atoms with Crippen LogP contribution in [0.4, 0.5) is 19.3 Å². The minimum absolute atomic E-state index is 0.0131. The maximum Gasteiger partial charge on any atom is 0.321 e. The molecule has 2 fully saturated rings. The smallest absolute Gasteiger partial charge is 0.321 e. The van der Waals surface area contributed by atoms with E-state index in [2.05, 4.69) is 15.3 Å². The van der Waals surface area contributed by atoms with Gasteiger partial charge in [-0.2, -0.15) is 0 Å². The maximum absolute atomic E-state index is 14.7. The van der Waals surface area contributed by atoms with E-state index in [-0.39, 0.29) is 16.9 Å². The molecule has 2 N–H and O–H groups in total.